The van der Waals surface area contributed by atoms with Gasteiger partial charge in [-0.1, -0.05) is 31.5 Å². The Morgan fingerprint density at radius 2 is 2.11 bits per heavy atom. The van der Waals surface area contributed by atoms with Crippen LogP contribution in [0.15, 0.2) is 48.8 Å². The fourth-order valence-electron chi connectivity index (χ4n) is 3.51. The van der Waals surface area contributed by atoms with Crippen molar-refractivity contribution >= 4 is 28.4 Å². The van der Waals surface area contributed by atoms with Gasteiger partial charge >= 0.3 is 0 Å². The lowest BCUT2D eigenvalue weighted by Gasteiger charge is -2.18. The van der Waals surface area contributed by atoms with E-state index in [9.17, 15) is 4.79 Å². The Bertz CT molecular complexity index is 889. The highest BCUT2D eigenvalue weighted by Crippen LogP contribution is 2.33. The fraction of sp³-hybridized carbons (Fsp3) is 0.364. The third kappa shape index (κ3) is 5.33. The molecule has 2 heterocycles. The summed E-state index contributed by atoms with van der Waals surface area (Å²) in [6.07, 6.45) is 5.96. The molecule has 0 fully saturated rings. The number of nitrogens with one attached hydrogen (secondary N) is 2. The van der Waals surface area contributed by atoms with Gasteiger partial charge in [0.2, 0.25) is 5.91 Å². The van der Waals surface area contributed by atoms with Gasteiger partial charge in [0.1, 0.15) is 0 Å². The Morgan fingerprint density at radius 1 is 1.26 bits per heavy atom. The van der Waals surface area contributed by atoms with Gasteiger partial charge in [-0.15, -0.1) is 0 Å². The highest BCUT2D eigenvalue weighted by molar-refractivity contribution is 6.31. The van der Waals surface area contributed by atoms with Gasteiger partial charge < -0.3 is 10.3 Å². The van der Waals surface area contributed by atoms with Crippen molar-refractivity contribution in [3.05, 3.63) is 65.1 Å². The van der Waals surface area contributed by atoms with Crippen molar-refractivity contribution in [2.75, 3.05) is 6.54 Å². The van der Waals surface area contributed by atoms with Crippen LogP contribution in [0.2, 0.25) is 5.02 Å². The molecule has 27 heavy (non-hydrogen) atoms. The molecule has 0 aliphatic carbocycles. The molecule has 0 saturated heterocycles. The summed E-state index contributed by atoms with van der Waals surface area (Å²) in [6, 6.07) is 11.7. The van der Waals surface area contributed by atoms with Gasteiger partial charge in [0.25, 0.3) is 0 Å². The summed E-state index contributed by atoms with van der Waals surface area (Å²) >= 11 is 6.19. The van der Waals surface area contributed by atoms with Crippen LogP contribution in [-0.4, -0.2) is 22.4 Å². The van der Waals surface area contributed by atoms with E-state index in [1.54, 1.807) is 6.20 Å². The Hall–Kier alpha value is -2.33. The number of carbonyl (C=O) groups excluding carboxylic acids is 1. The predicted octanol–water partition coefficient (Wildman–Crippen LogP) is 5.10. The van der Waals surface area contributed by atoms with E-state index in [1.165, 1.54) is 5.56 Å². The Labute approximate surface area is 165 Å². The molecule has 3 aromatic rings. The second-order valence-corrected chi connectivity index (χ2v) is 7.82. The van der Waals surface area contributed by atoms with Crippen LogP contribution in [0.1, 0.15) is 43.9 Å². The highest BCUT2D eigenvalue weighted by atomic mass is 35.5. The van der Waals surface area contributed by atoms with Crippen molar-refractivity contribution in [1.82, 2.24) is 15.3 Å². The maximum absolute atomic E-state index is 12.6. The maximum atomic E-state index is 12.6. The smallest absolute Gasteiger partial charge is 0.220 e. The number of carbonyl (C=O) groups is 1. The fourth-order valence-corrected chi connectivity index (χ4v) is 3.69. The van der Waals surface area contributed by atoms with Gasteiger partial charge in [-0.2, -0.15) is 0 Å². The van der Waals surface area contributed by atoms with E-state index in [4.69, 9.17) is 11.6 Å². The number of amides is 1. The van der Waals surface area contributed by atoms with E-state index in [0.29, 0.717) is 23.9 Å². The summed E-state index contributed by atoms with van der Waals surface area (Å²) in [5.74, 6) is 0.737. The summed E-state index contributed by atoms with van der Waals surface area (Å²) in [6.45, 7) is 4.98. The summed E-state index contributed by atoms with van der Waals surface area (Å²) in [4.78, 5) is 20.2. The zero-order valence-corrected chi connectivity index (χ0v) is 16.6. The standard InChI is InChI=1S/C22H26ClN3O/c1-15(2)11-16(20-14-26-21-7-6-17(23)13-19(20)21)12-22(27)25-10-8-18-5-3-4-9-24-18/h3-7,9,13-16,26H,8,10-12H2,1-2H3,(H,25,27)/t16-/m1/s1. The van der Waals surface area contributed by atoms with Crippen LogP contribution in [0, 0.1) is 5.92 Å². The highest BCUT2D eigenvalue weighted by Gasteiger charge is 2.20. The maximum Gasteiger partial charge on any atom is 0.220 e. The number of fused-ring (bicyclic) bond motifs is 1. The third-order valence-corrected chi connectivity index (χ3v) is 4.97. The molecule has 0 aliphatic rings. The minimum absolute atomic E-state index is 0.0768. The number of rotatable bonds is 8. The SMILES string of the molecule is CC(C)C[C@H](CC(=O)NCCc1ccccn1)c1c[nH]c2ccc(Cl)cc12. The van der Waals surface area contributed by atoms with Crippen molar-refractivity contribution in [1.29, 1.82) is 0 Å². The first-order valence-electron chi connectivity index (χ1n) is 9.46. The molecule has 0 unspecified atom stereocenters. The molecule has 4 nitrogen and oxygen atoms in total. The van der Waals surface area contributed by atoms with E-state index in [2.05, 4.69) is 29.1 Å². The molecule has 1 amide bonds. The van der Waals surface area contributed by atoms with Crippen LogP contribution < -0.4 is 5.32 Å². The van der Waals surface area contributed by atoms with Crippen LogP contribution in [0.3, 0.4) is 0 Å². The van der Waals surface area contributed by atoms with Gasteiger partial charge in [0, 0.05) is 53.4 Å². The quantitative estimate of drug-likeness (QED) is 0.568. The molecule has 1 atom stereocenters. The molecule has 2 aromatic heterocycles. The molecule has 1 aromatic carbocycles. The zero-order chi connectivity index (χ0) is 19.2. The van der Waals surface area contributed by atoms with Crippen LogP contribution in [-0.2, 0) is 11.2 Å². The van der Waals surface area contributed by atoms with Gasteiger partial charge in [-0.25, -0.2) is 0 Å². The minimum Gasteiger partial charge on any atom is -0.361 e. The molecule has 0 radical (unpaired) electrons. The molecule has 5 heteroatoms. The Morgan fingerprint density at radius 3 is 2.85 bits per heavy atom. The number of hydrogen-bond acceptors (Lipinski definition) is 2. The molecule has 3 rings (SSSR count). The summed E-state index contributed by atoms with van der Waals surface area (Å²) in [5.41, 5.74) is 3.21. The lowest BCUT2D eigenvalue weighted by atomic mass is 9.87. The van der Waals surface area contributed by atoms with Crippen LogP contribution in [0.4, 0.5) is 0 Å². The number of halogens is 1. The second kappa shape index (κ2) is 9.05. The minimum atomic E-state index is 0.0768. The number of aromatic nitrogens is 2. The predicted molar refractivity (Wildman–Crippen MR) is 111 cm³/mol. The van der Waals surface area contributed by atoms with Crippen LogP contribution >= 0.6 is 11.6 Å². The van der Waals surface area contributed by atoms with E-state index in [0.717, 1.165) is 29.4 Å². The number of nitrogens with zero attached hydrogens (tertiary/aromatic N) is 1. The van der Waals surface area contributed by atoms with Gasteiger partial charge in [0.05, 0.1) is 0 Å². The largest absolute Gasteiger partial charge is 0.361 e. The number of benzene rings is 1. The first kappa shape index (κ1) is 19.4. The number of hydrogen-bond donors (Lipinski definition) is 2. The normalized spacial score (nSPS) is 12.4. The second-order valence-electron chi connectivity index (χ2n) is 7.39. The van der Waals surface area contributed by atoms with Crippen molar-refractivity contribution < 1.29 is 4.79 Å². The van der Waals surface area contributed by atoms with Crippen LogP contribution in [0.5, 0.6) is 0 Å². The lowest BCUT2D eigenvalue weighted by molar-refractivity contribution is -0.121. The van der Waals surface area contributed by atoms with E-state index in [-0.39, 0.29) is 11.8 Å². The van der Waals surface area contributed by atoms with Gasteiger partial charge in [-0.3, -0.25) is 9.78 Å². The van der Waals surface area contributed by atoms with E-state index >= 15 is 0 Å². The summed E-state index contributed by atoms with van der Waals surface area (Å²) in [7, 11) is 0. The Balaban J connectivity index is 1.67. The lowest BCUT2D eigenvalue weighted by Crippen LogP contribution is -2.27. The molecular weight excluding hydrogens is 358 g/mol. The topological polar surface area (TPSA) is 57.8 Å². The molecule has 0 spiro atoms. The zero-order valence-electron chi connectivity index (χ0n) is 15.8. The monoisotopic (exact) mass is 383 g/mol. The van der Waals surface area contributed by atoms with Crippen molar-refractivity contribution in [2.24, 2.45) is 5.92 Å². The number of pyridine rings is 1. The van der Waals surface area contributed by atoms with E-state index in [1.807, 2.05) is 42.6 Å². The molecule has 0 bridgehead atoms. The van der Waals surface area contributed by atoms with Crippen molar-refractivity contribution in [3.63, 3.8) is 0 Å². The molecule has 0 saturated carbocycles. The third-order valence-electron chi connectivity index (χ3n) is 4.73. The molecule has 2 N–H and O–H groups in total. The molecule has 0 aliphatic heterocycles. The van der Waals surface area contributed by atoms with Crippen molar-refractivity contribution in [2.45, 2.75) is 39.0 Å². The van der Waals surface area contributed by atoms with Gasteiger partial charge in [0.15, 0.2) is 0 Å². The summed E-state index contributed by atoms with van der Waals surface area (Å²) in [5, 5.41) is 4.86. The molecular formula is C22H26ClN3O. The summed E-state index contributed by atoms with van der Waals surface area (Å²) < 4.78 is 0. The van der Waals surface area contributed by atoms with E-state index < -0.39 is 0 Å². The number of aromatic amines is 1. The van der Waals surface area contributed by atoms with Crippen molar-refractivity contribution in [3.8, 4) is 0 Å². The van der Waals surface area contributed by atoms with Crippen LogP contribution in [0.25, 0.3) is 10.9 Å². The van der Waals surface area contributed by atoms with Gasteiger partial charge in [-0.05, 0) is 54.2 Å². The molecule has 142 valence electrons. The number of H-pyrrole nitrogens is 1. The average molecular weight is 384 g/mol. The first-order valence-corrected chi connectivity index (χ1v) is 9.84. The Kier molecular flexibility index (Phi) is 6.51. The average Bonchev–Trinajstić information content (AvgIpc) is 3.04. The first-order chi connectivity index (χ1) is 13.0.